The Hall–Kier alpha value is -1.98. The van der Waals surface area contributed by atoms with E-state index in [0.29, 0.717) is 0 Å². The van der Waals surface area contributed by atoms with E-state index in [9.17, 15) is 19.3 Å². The highest BCUT2D eigenvalue weighted by Crippen LogP contribution is 2.33. The van der Waals surface area contributed by atoms with Gasteiger partial charge in [-0.3, -0.25) is 14.9 Å². The molecule has 0 atom stereocenters. The molecule has 0 aromatic heterocycles. The zero-order chi connectivity index (χ0) is 11.7. The molecule has 0 saturated heterocycles. The van der Waals surface area contributed by atoms with Crippen LogP contribution < -0.4 is 5.32 Å². The Bertz CT molecular complexity index is 457. The number of nitrogens with zero attached hydrogens (tertiary/aromatic N) is 1. The molecule has 1 N–H and O–H groups in total. The second-order valence-electron chi connectivity index (χ2n) is 3.65. The van der Waals surface area contributed by atoms with Gasteiger partial charge in [0.05, 0.1) is 4.92 Å². The molecular weight excluding hydrogens is 215 g/mol. The molecule has 6 heteroatoms. The number of anilines is 1. The molecule has 1 aromatic rings. The van der Waals surface area contributed by atoms with Gasteiger partial charge >= 0.3 is 0 Å². The number of nitro groups is 1. The third kappa shape index (κ3) is 2.00. The summed E-state index contributed by atoms with van der Waals surface area (Å²) in [6, 6.07) is 3.47. The van der Waals surface area contributed by atoms with Gasteiger partial charge < -0.3 is 5.32 Å². The van der Waals surface area contributed by atoms with E-state index < -0.39 is 16.4 Å². The molecule has 1 aromatic carbocycles. The number of benzene rings is 1. The van der Waals surface area contributed by atoms with Crippen LogP contribution in [0.3, 0.4) is 0 Å². The zero-order valence-electron chi connectivity index (χ0n) is 8.27. The number of nitro benzene ring substituents is 1. The number of carbonyl (C=O) groups is 1. The summed E-state index contributed by atoms with van der Waals surface area (Å²) in [4.78, 5) is 21.3. The third-order valence-electron chi connectivity index (χ3n) is 2.38. The normalized spacial score (nSPS) is 14.6. The summed E-state index contributed by atoms with van der Waals surface area (Å²) in [7, 11) is 0. The number of carbonyl (C=O) groups excluding carboxylic acids is 1. The lowest BCUT2D eigenvalue weighted by Crippen LogP contribution is -2.15. The minimum absolute atomic E-state index is 0.126. The van der Waals surface area contributed by atoms with E-state index in [1.165, 1.54) is 6.07 Å². The Labute approximate surface area is 90.4 Å². The lowest BCUT2D eigenvalue weighted by Gasteiger charge is -2.05. The molecule has 0 unspecified atom stereocenters. The van der Waals surface area contributed by atoms with Crippen molar-refractivity contribution in [2.24, 2.45) is 5.92 Å². The summed E-state index contributed by atoms with van der Waals surface area (Å²) >= 11 is 0. The molecule has 0 spiro atoms. The molecule has 1 fully saturated rings. The molecule has 1 amide bonds. The van der Waals surface area contributed by atoms with Gasteiger partial charge in [-0.2, -0.15) is 0 Å². The van der Waals surface area contributed by atoms with Crippen molar-refractivity contribution in [2.45, 2.75) is 12.8 Å². The molecule has 0 heterocycles. The van der Waals surface area contributed by atoms with Gasteiger partial charge in [-0.25, -0.2) is 4.39 Å². The number of nitrogens with one attached hydrogen (secondary N) is 1. The summed E-state index contributed by atoms with van der Waals surface area (Å²) in [5.41, 5.74) is -0.765. The molecule has 5 nitrogen and oxygen atoms in total. The van der Waals surface area contributed by atoms with Crippen LogP contribution in [0.5, 0.6) is 0 Å². The van der Waals surface area contributed by atoms with E-state index in [4.69, 9.17) is 0 Å². The number of rotatable bonds is 3. The van der Waals surface area contributed by atoms with Crippen LogP contribution >= 0.6 is 0 Å². The molecule has 16 heavy (non-hydrogen) atoms. The van der Waals surface area contributed by atoms with Crippen molar-refractivity contribution in [1.29, 1.82) is 0 Å². The standard InChI is InChI=1S/C10H9FN2O3/c11-7-2-1-3-8(13(15)16)9(7)12-10(14)6-4-5-6/h1-3,6H,4-5H2,(H,12,14). The monoisotopic (exact) mass is 224 g/mol. The van der Waals surface area contributed by atoms with Gasteiger partial charge in [0, 0.05) is 12.0 Å². The average molecular weight is 224 g/mol. The number of para-hydroxylation sites is 1. The second kappa shape index (κ2) is 3.88. The highest BCUT2D eigenvalue weighted by atomic mass is 19.1. The fourth-order valence-corrected chi connectivity index (χ4v) is 1.36. The highest BCUT2D eigenvalue weighted by Gasteiger charge is 2.31. The number of hydrogen-bond donors (Lipinski definition) is 1. The summed E-state index contributed by atoms with van der Waals surface area (Å²) in [5.74, 6) is -1.27. The van der Waals surface area contributed by atoms with Crippen LogP contribution in [-0.2, 0) is 4.79 Å². The molecule has 0 bridgehead atoms. The average Bonchev–Trinajstić information content (AvgIpc) is 3.03. The van der Waals surface area contributed by atoms with Crippen molar-refractivity contribution in [1.82, 2.24) is 0 Å². The highest BCUT2D eigenvalue weighted by molar-refractivity contribution is 5.96. The first kappa shape index (κ1) is 10.5. The van der Waals surface area contributed by atoms with Gasteiger partial charge in [-0.15, -0.1) is 0 Å². The number of halogens is 1. The fraction of sp³-hybridized carbons (Fsp3) is 0.300. The molecule has 84 valence electrons. The summed E-state index contributed by atoms with van der Waals surface area (Å²) in [5, 5.41) is 12.9. The van der Waals surface area contributed by atoms with Crippen molar-refractivity contribution in [2.75, 3.05) is 5.32 Å². The van der Waals surface area contributed by atoms with Crippen LogP contribution in [0.1, 0.15) is 12.8 Å². The number of hydrogen-bond acceptors (Lipinski definition) is 3. The molecule has 2 rings (SSSR count). The van der Waals surface area contributed by atoms with E-state index in [0.717, 1.165) is 25.0 Å². The summed E-state index contributed by atoms with van der Waals surface area (Å²) in [6.07, 6.45) is 1.52. The lowest BCUT2D eigenvalue weighted by atomic mass is 10.2. The Morgan fingerprint density at radius 3 is 2.75 bits per heavy atom. The number of amides is 1. The van der Waals surface area contributed by atoms with Crippen LogP contribution in [0.4, 0.5) is 15.8 Å². The minimum atomic E-state index is -0.789. The Kier molecular flexibility index (Phi) is 2.55. The SMILES string of the molecule is O=C(Nc1c(F)cccc1[N+](=O)[O-])C1CC1. The van der Waals surface area contributed by atoms with Crippen molar-refractivity contribution < 1.29 is 14.1 Å². The van der Waals surface area contributed by atoms with Gasteiger partial charge in [-0.05, 0) is 18.9 Å². The van der Waals surface area contributed by atoms with Crippen molar-refractivity contribution in [3.8, 4) is 0 Å². The molecule has 0 radical (unpaired) electrons. The molecule has 0 aliphatic heterocycles. The van der Waals surface area contributed by atoms with Crippen LogP contribution in [0.25, 0.3) is 0 Å². The van der Waals surface area contributed by atoms with Gasteiger partial charge in [0.15, 0.2) is 11.5 Å². The van der Waals surface area contributed by atoms with Crippen molar-refractivity contribution >= 4 is 17.3 Å². The van der Waals surface area contributed by atoms with Gasteiger partial charge in [0.2, 0.25) is 5.91 Å². The molecule has 1 saturated carbocycles. The zero-order valence-corrected chi connectivity index (χ0v) is 8.27. The van der Waals surface area contributed by atoms with E-state index >= 15 is 0 Å². The topological polar surface area (TPSA) is 72.2 Å². The van der Waals surface area contributed by atoms with Crippen LogP contribution in [-0.4, -0.2) is 10.8 Å². The summed E-state index contributed by atoms with van der Waals surface area (Å²) < 4.78 is 13.3. The Balaban J connectivity index is 2.29. The first-order chi connectivity index (χ1) is 7.59. The fourth-order valence-electron chi connectivity index (χ4n) is 1.36. The van der Waals surface area contributed by atoms with Gasteiger partial charge in [0.1, 0.15) is 0 Å². The second-order valence-corrected chi connectivity index (χ2v) is 3.65. The molecule has 1 aliphatic rings. The lowest BCUT2D eigenvalue weighted by molar-refractivity contribution is -0.384. The third-order valence-corrected chi connectivity index (χ3v) is 2.38. The van der Waals surface area contributed by atoms with Crippen LogP contribution in [0, 0.1) is 21.8 Å². The minimum Gasteiger partial charge on any atom is -0.318 e. The Morgan fingerprint density at radius 1 is 1.50 bits per heavy atom. The van der Waals surface area contributed by atoms with Crippen LogP contribution in [0.2, 0.25) is 0 Å². The van der Waals surface area contributed by atoms with E-state index in [-0.39, 0.29) is 17.5 Å². The van der Waals surface area contributed by atoms with Crippen molar-refractivity contribution in [3.63, 3.8) is 0 Å². The summed E-state index contributed by atoms with van der Waals surface area (Å²) in [6.45, 7) is 0. The largest absolute Gasteiger partial charge is 0.318 e. The van der Waals surface area contributed by atoms with E-state index in [2.05, 4.69) is 5.32 Å². The maximum absolute atomic E-state index is 13.3. The van der Waals surface area contributed by atoms with Gasteiger partial charge in [-0.1, -0.05) is 6.07 Å². The van der Waals surface area contributed by atoms with Crippen molar-refractivity contribution in [3.05, 3.63) is 34.1 Å². The predicted molar refractivity (Wildman–Crippen MR) is 54.4 cm³/mol. The predicted octanol–water partition coefficient (Wildman–Crippen LogP) is 2.08. The molecule has 1 aliphatic carbocycles. The van der Waals surface area contributed by atoms with Crippen LogP contribution in [0.15, 0.2) is 18.2 Å². The first-order valence-electron chi connectivity index (χ1n) is 4.83. The smallest absolute Gasteiger partial charge is 0.295 e. The molecular formula is C10H9FN2O3. The quantitative estimate of drug-likeness (QED) is 0.631. The van der Waals surface area contributed by atoms with E-state index in [1.807, 2.05) is 0 Å². The maximum atomic E-state index is 13.3. The first-order valence-corrected chi connectivity index (χ1v) is 4.83. The Morgan fingerprint density at radius 2 is 2.19 bits per heavy atom. The maximum Gasteiger partial charge on any atom is 0.295 e. The van der Waals surface area contributed by atoms with E-state index in [1.54, 1.807) is 0 Å². The van der Waals surface area contributed by atoms with Gasteiger partial charge in [0.25, 0.3) is 5.69 Å².